The van der Waals surface area contributed by atoms with Crippen LogP contribution in [0.3, 0.4) is 0 Å². The van der Waals surface area contributed by atoms with Crippen molar-refractivity contribution < 1.29 is 5.11 Å². The van der Waals surface area contributed by atoms with Gasteiger partial charge in [-0.1, -0.05) is 103 Å². The molecule has 0 saturated carbocycles. The predicted molar refractivity (Wildman–Crippen MR) is 113 cm³/mol. The summed E-state index contributed by atoms with van der Waals surface area (Å²) in [7, 11) is 0. The van der Waals surface area contributed by atoms with Crippen molar-refractivity contribution in [3.8, 4) is 0 Å². The molecule has 1 N–H and O–H groups in total. The second-order valence-electron chi connectivity index (χ2n) is 7.14. The van der Waals surface area contributed by atoms with Gasteiger partial charge in [0.25, 0.3) is 0 Å². The van der Waals surface area contributed by atoms with Crippen LogP contribution >= 0.6 is 11.8 Å². The summed E-state index contributed by atoms with van der Waals surface area (Å²) in [5, 5.41) is 9.22. The Labute approximate surface area is 157 Å². The second-order valence-corrected chi connectivity index (χ2v) is 8.29. The highest BCUT2D eigenvalue weighted by Gasteiger charge is 2.02. The summed E-state index contributed by atoms with van der Waals surface area (Å²) in [6, 6.07) is 0. The van der Waals surface area contributed by atoms with Crippen molar-refractivity contribution in [2.75, 3.05) is 18.1 Å². The van der Waals surface area contributed by atoms with Crippen LogP contribution in [0.25, 0.3) is 0 Å². The summed E-state index contributed by atoms with van der Waals surface area (Å²) >= 11 is 2.00. The lowest BCUT2D eigenvalue weighted by Gasteiger charge is -2.08. The molecule has 1 unspecified atom stereocenters. The van der Waals surface area contributed by atoms with E-state index in [9.17, 15) is 5.11 Å². The lowest BCUT2D eigenvalue weighted by Crippen LogP contribution is -2.05. The standard InChI is InChI=1S/C22H44OS/c1-3-5-6-7-8-9-10-11-12-13-14-15-16-17-19-24-21-22(20-23)18-4-2/h4,18,22-23H,3,5-17,19-21H2,1-2H3. The normalized spacial score (nSPS) is 13.0. The van der Waals surface area contributed by atoms with Gasteiger partial charge in [-0.05, 0) is 19.1 Å². The van der Waals surface area contributed by atoms with Crippen LogP contribution in [0.4, 0.5) is 0 Å². The van der Waals surface area contributed by atoms with Gasteiger partial charge in [0.2, 0.25) is 0 Å². The molecule has 0 bridgehead atoms. The third-order valence-corrected chi connectivity index (χ3v) is 5.91. The predicted octanol–water partition coefficient (Wildman–Crippen LogP) is 7.39. The summed E-state index contributed by atoms with van der Waals surface area (Å²) in [6.07, 6.45) is 24.2. The van der Waals surface area contributed by atoms with E-state index in [0.29, 0.717) is 5.92 Å². The fourth-order valence-corrected chi connectivity index (χ4v) is 4.17. The number of hydrogen-bond donors (Lipinski definition) is 1. The summed E-state index contributed by atoms with van der Waals surface area (Å²) in [6.45, 7) is 4.60. The van der Waals surface area contributed by atoms with E-state index in [4.69, 9.17) is 0 Å². The fraction of sp³-hybridized carbons (Fsp3) is 0.909. The topological polar surface area (TPSA) is 20.2 Å². The Bertz CT molecular complexity index is 252. The van der Waals surface area contributed by atoms with Gasteiger partial charge in [0.05, 0.1) is 6.61 Å². The van der Waals surface area contributed by atoms with Gasteiger partial charge in [-0.25, -0.2) is 0 Å². The monoisotopic (exact) mass is 356 g/mol. The third kappa shape index (κ3) is 18.4. The first-order valence-electron chi connectivity index (χ1n) is 10.7. The van der Waals surface area contributed by atoms with Gasteiger partial charge in [0, 0.05) is 11.7 Å². The quantitative estimate of drug-likeness (QED) is 0.192. The van der Waals surface area contributed by atoms with Crippen molar-refractivity contribution in [1.29, 1.82) is 0 Å². The molecule has 0 spiro atoms. The molecule has 0 rings (SSSR count). The van der Waals surface area contributed by atoms with Crippen molar-refractivity contribution in [3.63, 3.8) is 0 Å². The number of allylic oxidation sites excluding steroid dienone is 1. The van der Waals surface area contributed by atoms with Crippen molar-refractivity contribution >= 4 is 11.8 Å². The minimum Gasteiger partial charge on any atom is -0.396 e. The summed E-state index contributed by atoms with van der Waals surface area (Å²) in [5.74, 6) is 2.68. The second kappa shape index (κ2) is 21.1. The van der Waals surface area contributed by atoms with Crippen LogP contribution in [0.15, 0.2) is 12.2 Å². The zero-order valence-electron chi connectivity index (χ0n) is 16.6. The molecule has 0 saturated heterocycles. The number of rotatable bonds is 19. The van der Waals surface area contributed by atoms with E-state index in [1.807, 2.05) is 24.8 Å². The van der Waals surface area contributed by atoms with Gasteiger partial charge in [-0.2, -0.15) is 11.8 Å². The number of hydrogen-bond acceptors (Lipinski definition) is 2. The fourth-order valence-electron chi connectivity index (χ4n) is 3.07. The molecule has 0 aliphatic carbocycles. The Morgan fingerprint density at radius 2 is 1.21 bits per heavy atom. The Morgan fingerprint density at radius 1 is 0.750 bits per heavy atom. The number of aliphatic hydroxyl groups is 1. The van der Waals surface area contributed by atoms with E-state index in [2.05, 4.69) is 13.0 Å². The zero-order valence-corrected chi connectivity index (χ0v) is 17.4. The van der Waals surface area contributed by atoms with Gasteiger partial charge >= 0.3 is 0 Å². The molecule has 0 aromatic heterocycles. The number of unbranched alkanes of at least 4 members (excludes halogenated alkanes) is 13. The molecule has 0 fully saturated rings. The highest BCUT2D eigenvalue weighted by atomic mass is 32.2. The molecule has 24 heavy (non-hydrogen) atoms. The van der Waals surface area contributed by atoms with Crippen LogP contribution in [0.2, 0.25) is 0 Å². The van der Waals surface area contributed by atoms with Gasteiger partial charge < -0.3 is 5.11 Å². The molecule has 0 amide bonds. The van der Waals surface area contributed by atoms with Crippen LogP contribution < -0.4 is 0 Å². The van der Waals surface area contributed by atoms with Gasteiger partial charge in [-0.3, -0.25) is 0 Å². The Kier molecular flexibility index (Phi) is 21.1. The van der Waals surface area contributed by atoms with Gasteiger partial charge in [0.1, 0.15) is 0 Å². The van der Waals surface area contributed by atoms with Crippen LogP contribution in [0, 0.1) is 5.92 Å². The van der Waals surface area contributed by atoms with Crippen LogP contribution in [-0.4, -0.2) is 23.2 Å². The maximum Gasteiger partial charge on any atom is 0.0501 e. The Hall–Kier alpha value is 0.0500. The first-order valence-corrected chi connectivity index (χ1v) is 11.8. The zero-order chi connectivity index (χ0) is 17.7. The molecule has 1 nitrogen and oxygen atoms in total. The molecule has 2 heteroatoms. The molecule has 0 aromatic carbocycles. The number of thioether (sulfide) groups is 1. The minimum absolute atomic E-state index is 0.288. The first-order chi connectivity index (χ1) is 11.8. The van der Waals surface area contributed by atoms with Gasteiger partial charge in [-0.15, -0.1) is 0 Å². The summed E-state index contributed by atoms with van der Waals surface area (Å²) in [5.41, 5.74) is 0. The summed E-state index contributed by atoms with van der Waals surface area (Å²) < 4.78 is 0. The molecule has 0 aliphatic heterocycles. The lowest BCUT2D eigenvalue weighted by molar-refractivity contribution is 0.264. The Balaban J connectivity index is 3.10. The van der Waals surface area contributed by atoms with Gasteiger partial charge in [0.15, 0.2) is 0 Å². The molecule has 1 atom stereocenters. The summed E-state index contributed by atoms with van der Waals surface area (Å²) in [4.78, 5) is 0. The average molecular weight is 357 g/mol. The van der Waals surface area contributed by atoms with Crippen molar-refractivity contribution in [3.05, 3.63) is 12.2 Å². The Morgan fingerprint density at radius 3 is 1.62 bits per heavy atom. The molecular weight excluding hydrogens is 312 g/mol. The number of aliphatic hydroxyl groups excluding tert-OH is 1. The van der Waals surface area contributed by atoms with E-state index in [1.165, 1.54) is 95.6 Å². The van der Waals surface area contributed by atoms with E-state index in [0.717, 1.165) is 5.75 Å². The van der Waals surface area contributed by atoms with E-state index in [-0.39, 0.29) is 6.61 Å². The van der Waals surface area contributed by atoms with Crippen LogP contribution in [0.1, 0.15) is 104 Å². The van der Waals surface area contributed by atoms with Crippen LogP contribution in [-0.2, 0) is 0 Å². The highest BCUT2D eigenvalue weighted by molar-refractivity contribution is 7.99. The smallest absolute Gasteiger partial charge is 0.0501 e. The molecule has 0 heterocycles. The molecular formula is C22H44OS. The average Bonchev–Trinajstić information content (AvgIpc) is 2.60. The maximum absolute atomic E-state index is 9.22. The molecule has 144 valence electrons. The van der Waals surface area contributed by atoms with Crippen LogP contribution in [0.5, 0.6) is 0 Å². The lowest BCUT2D eigenvalue weighted by atomic mass is 10.0. The first kappa shape index (κ1) is 24.1. The van der Waals surface area contributed by atoms with E-state index >= 15 is 0 Å². The van der Waals surface area contributed by atoms with E-state index < -0.39 is 0 Å². The van der Waals surface area contributed by atoms with Crippen molar-refractivity contribution in [1.82, 2.24) is 0 Å². The third-order valence-electron chi connectivity index (χ3n) is 4.67. The largest absolute Gasteiger partial charge is 0.396 e. The molecule has 0 aromatic rings. The maximum atomic E-state index is 9.22. The highest BCUT2D eigenvalue weighted by Crippen LogP contribution is 2.15. The molecule has 0 radical (unpaired) electrons. The van der Waals surface area contributed by atoms with Crippen molar-refractivity contribution in [2.24, 2.45) is 5.92 Å². The van der Waals surface area contributed by atoms with E-state index in [1.54, 1.807) is 0 Å². The molecule has 0 aliphatic rings. The minimum atomic E-state index is 0.288. The van der Waals surface area contributed by atoms with Crippen molar-refractivity contribution in [2.45, 2.75) is 104 Å². The SMILES string of the molecule is CC=CC(CO)CSCCCCCCCCCCCCCCCC.